The molecule has 104 valence electrons. The highest BCUT2D eigenvalue weighted by atomic mass is 32.2. The van der Waals surface area contributed by atoms with E-state index in [0.717, 1.165) is 25.7 Å². The first-order valence-electron chi connectivity index (χ1n) is 6.67. The Balaban J connectivity index is 1.86. The van der Waals surface area contributed by atoms with E-state index in [1.807, 2.05) is 0 Å². The van der Waals surface area contributed by atoms with Crippen LogP contribution in [0.25, 0.3) is 0 Å². The van der Waals surface area contributed by atoms with Crippen molar-refractivity contribution in [2.24, 2.45) is 11.8 Å². The van der Waals surface area contributed by atoms with Crippen molar-refractivity contribution in [2.45, 2.75) is 38.5 Å². The van der Waals surface area contributed by atoms with Crippen LogP contribution in [-0.4, -0.2) is 42.6 Å². The molecule has 2 aliphatic rings. The largest absolute Gasteiger partial charge is 0.481 e. The summed E-state index contributed by atoms with van der Waals surface area (Å²) in [6.07, 6.45) is 4.67. The molecule has 0 saturated heterocycles. The van der Waals surface area contributed by atoms with Gasteiger partial charge in [-0.05, 0) is 43.9 Å². The van der Waals surface area contributed by atoms with Gasteiger partial charge in [-0.25, -0.2) is 12.7 Å². The predicted octanol–water partition coefficient (Wildman–Crippen LogP) is 1.30. The standard InChI is InChI=1S/C12H21NO4S/c14-12(15)2-1-7-18(16,17)13(8-10-3-4-10)9-11-5-6-11/h10-11H,1-9H2,(H,14,15). The van der Waals surface area contributed by atoms with Crippen molar-refractivity contribution in [3.63, 3.8) is 0 Å². The number of nitrogens with zero attached hydrogens (tertiary/aromatic N) is 1. The molecule has 1 N–H and O–H groups in total. The second kappa shape index (κ2) is 5.57. The topological polar surface area (TPSA) is 74.7 Å². The molecule has 0 heterocycles. The summed E-state index contributed by atoms with van der Waals surface area (Å²) in [5.74, 6) is 0.121. The zero-order chi connectivity index (χ0) is 13.2. The van der Waals surface area contributed by atoms with Gasteiger partial charge >= 0.3 is 5.97 Å². The van der Waals surface area contributed by atoms with Crippen LogP contribution in [0.3, 0.4) is 0 Å². The molecule has 2 saturated carbocycles. The highest BCUT2D eigenvalue weighted by Gasteiger charge is 2.34. The Morgan fingerprint density at radius 3 is 2.00 bits per heavy atom. The Bertz CT molecular complexity index is 384. The monoisotopic (exact) mass is 275 g/mol. The summed E-state index contributed by atoms with van der Waals surface area (Å²) in [4.78, 5) is 10.4. The van der Waals surface area contributed by atoms with E-state index in [9.17, 15) is 13.2 Å². The average Bonchev–Trinajstić information content (AvgIpc) is 3.10. The van der Waals surface area contributed by atoms with Crippen LogP contribution in [0, 0.1) is 11.8 Å². The van der Waals surface area contributed by atoms with Crippen LogP contribution in [0.5, 0.6) is 0 Å². The van der Waals surface area contributed by atoms with E-state index in [0.29, 0.717) is 24.9 Å². The summed E-state index contributed by atoms with van der Waals surface area (Å²) in [6, 6.07) is 0. The average molecular weight is 275 g/mol. The second-order valence-electron chi connectivity index (χ2n) is 5.52. The molecule has 0 aromatic heterocycles. The molecule has 0 spiro atoms. The van der Waals surface area contributed by atoms with E-state index in [1.165, 1.54) is 0 Å². The van der Waals surface area contributed by atoms with E-state index in [1.54, 1.807) is 4.31 Å². The van der Waals surface area contributed by atoms with Crippen LogP contribution in [0.15, 0.2) is 0 Å². The smallest absolute Gasteiger partial charge is 0.303 e. The van der Waals surface area contributed by atoms with Crippen molar-refractivity contribution in [2.75, 3.05) is 18.8 Å². The minimum absolute atomic E-state index is 0.0290. The normalized spacial score (nSPS) is 20.3. The van der Waals surface area contributed by atoms with Crippen LogP contribution >= 0.6 is 0 Å². The highest BCUT2D eigenvalue weighted by Crippen LogP contribution is 2.34. The van der Waals surface area contributed by atoms with Crippen molar-refractivity contribution >= 4 is 16.0 Å². The van der Waals surface area contributed by atoms with E-state index in [-0.39, 0.29) is 18.6 Å². The third kappa shape index (κ3) is 4.57. The molecule has 0 aromatic rings. The minimum Gasteiger partial charge on any atom is -0.481 e. The van der Waals surface area contributed by atoms with Gasteiger partial charge in [-0.1, -0.05) is 0 Å². The Hall–Kier alpha value is -0.620. The van der Waals surface area contributed by atoms with Crippen molar-refractivity contribution in [3.8, 4) is 0 Å². The van der Waals surface area contributed by atoms with Gasteiger partial charge in [0, 0.05) is 19.5 Å². The summed E-state index contributed by atoms with van der Waals surface area (Å²) in [6.45, 7) is 1.29. The second-order valence-corrected chi connectivity index (χ2v) is 7.61. The quantitative estimate of drug-likeness (QED) is 0.688. The third-order valence-electron chi connectivity index (χ3n) is 3.50. The first kappa shape index (κ1) is 13.8. The summed E-state index contributed by atoms with van der Waals surface area (Å²) < 4.78 is 26.0. The van der Waals surface area contributed by atoms with Crippen LogP contribution < -0.4 is 0 Å². The van der Waals surface area contributed by atoms with Crippen molar-refractivity contribution in [3.05, 3.63) is 0 Å². The van der Waals surface area contributed by atoms with Gasteiger partial charge in [0.25, 0.3) is 0 Å². The summed E-state index contributed by atoms with van der Waals surface area (Å²) >= 11 is 0. The molecular formula is C12H21NO4S. The number of carboxylic acids is 1. The van der Waals surface area contributed by atoms with Gasteiger partial charge in [0.05, 0.1) is 5.75 Å². The molecule has 0 atom stereocenters. The maximum Gasteiger partial charge on any atom is 0.303 e. The van der Waals surface area contributed by atoms with Crippen LogP contribution in [0.1, 0.15) is 38.5 Å². The van der Waals surface area contributed by atoms with Gasteiger partial charge in [0.2, 0.25) is 10.0 Å². The summed E-state index contributed by atoms with van der Waals surface area (Å²) in [7, 11) is -3.26. The van der Waals surface area contributed by atoms with Crippen LogP contribution in [-0.2, 0) is 14.8 Å². The Morgan fingerprint density at radius 1 is 1.11 bits per heavy atom. The first-order chi connectivity index (χ1) is 8.47. The number of sulfonamides is 1. The van der Waals surface area contributed by atoms with Gasteiger partial charge in [-0.15, -0.1) is 0 Å². The molecule has 5 nitrogen and oxygen atoms in total. The Morgan fingerprint density at radius 2 is 1.61 bits per heavy atom. The maximum atomic E-state index is 12.2. The van der Waals surface area contributed by atoms with Crippen molar-refractivity contribution < 1.29 is 18.3 Å². The van der Waals surface area contributed by atoms with Crippen LogP contribution in [0.4, 0.5) is 0 Å². The molecule has 2 rings (SSSR count). The summed E-state index contributed by atoms with van der Waals surface area (Å²) in [5, 5.41) is 8.55. The molecule has 18 heavy (non-hydrogen) atoms. The maximum absolute atomic E-state index is 12.2. The van der Waals surface area contributed by atoms with Crippen molar-refractivity contribution in [1.82, 2.24) is 4.31 Å². The lowest BCUT2D eigenvalue weighted by Crippen LogP contribution is -2.36. The third-order valence-corrected chi connectivity index (χ3v) is 5.39. The molecule has 2 fully saturated rings. The number of carboxylic acid groups (broad SMARTS) is 1. The molecule has 0 aliphatic heterocycles. The van der Waals surface area contributed by atoms with Crippen molar-refractivity contribution in [1.29, 1.82) is 0 Å². The fraction of sp³-hybridized carbons (Fsp3) is 0.917. The van der Waals surface area contributed by atoms with E-state index >= 15 is 0 Å². The number of aliphatic carboxylic acids is 1. The number of carbonyl (C=O) groups is 1. The molecule has 2 aliphatic carbocycles. The molecule has 0 radical (unpaired) electrons. The summed E-state index contributed by atoms with van der Waals surface area (Å²) in [5.41, 5.74) is 0. The number of hydrogen-bond acceptors (Lipinski definition) is 3. The predicted molar refractivity (Wildman–Crippen MR) is 67.7 cm³/mol. The molecular weight excluding hydrogens is 254 g/mol. The van der Waals surface area contributed by atoms with E-state index < -0.39 is 16.0 Å². The lowest BCUT2D eigenvalue weighted by atomic mass is 10.3. The molecule has 0 amide bonds. The lowest BCUT2D eigenvalue weighted by Gasteiger charge is -2.21. The van der Waals surface area contributed by atoms with Gasteiger partial charge in [-0.2, -0.15) is 0 Å². The number of rotatable bonds is 9. The molecule has 6 heteroatoms. The first-order valence-corrected chi connectivity index (χ1v) is 8.28. The van der Waals surface area contributed by atoms with Crippen LogP contribution in [0.2, 0.25) is 0 Å². The zero-order valence-electron chi connectivity index (χ0n) is 10.5. The Labute approximate surface area is 108 Å². The molecule has 0 bridgehead atoms. The SMILES string of the molecule is O=C(O)CCCS(=O)(=O)N(CC1CC1)CC1CC1. The molecule has 0 aromatic carbocycles. The van der Waals surface area contributed by atoms with Gasteiger partial charge in [-0.3, -0.25) is 4.79 Å². The molecule has 0 unspecified atom stereocenters. The van der Waals surface area contributed by atoms with E-state index in [2.05, 4.69) is 0 Å². The lowest BCUT2D eigenvalue weighted by molar-refractivity contribution is -0.137. The zero-order valence-corrected chi connectivity index (χ0v) is 11.4. The van der Waals surface area contributed by atoms with Gasteiger partial charge < -0.3 is 5.11 Å². The number of hydrogen-bond donors (Lipinski definition) is 1. The van der Waals surface area contributed by atoms with E-state index in [4.69, 9.17) is 5.11 Å². The fourth-order valence-corrected chi connectivity index (χ4v) is 3.66. The highest BCUT2D eigenvalue weighted by molar-refractivity contribution is 7.89. The van der Waals surface area contributed by atoms with Gasteiger partial charge in [0.1, 0.15) is 0 Å². The Kier molecular flexibility index (Phi) is 4.27. The van der Waals surface area contributed by atoms with Gasteiger partial charge in [0.15, 0.2) is 0 Å². The fourth-order valence-electron chi connectivity index (χ4n) is 2.01. The minimum atomic E-state index is -3.26.